The van der Waals surface area contributed by atoms with Crippen LogP contribution in [-0.2, 0) is 0 Å². The van der Waals surface area contributed by atoms with E-state index in [-0.39, 0.29) is 0 Å². The highest BCUT2D eigenvalue weighted by Gasteiger charge is 2.24. The first-order chi connectivity index (χ1) is 35.6. The molecule has 8 heteroatoms. The van der Waals surface area contributed by atoms with Gasteiger partial charge in [0, 0.05) is 43.1 Å². The van der Waals surface area contributed by atoms with Gasteiger partial charge in [-0.15, -0.1) is 0 Å². The van der Waals surface area contributed by atoms with Crippen LogP contribution >= 0.6 is 0 Å². The molecule has 0 amide bonds. The third-order valence-electron chi connectivity index (χ3n) is 14.5. The SMILES string of the molecule is [C-]#[N+]c1cc(C#N)c(-n2c3ccccc3c3cc(-c4ccc5c(c4)c4ccccc4n5-c4cc(-n5c6ccccc6c6ccccc65)c(C#N)cc4[N+]#[C-])ccc32)cc1-n1c2ccccc2c2ccccc21. The van der Waals surface area contributed by atoms with Gasteiger partial charge in [0.25, 0.3) is 0 Å². The Morgan fingerprint density at radius 2 is 0.556 bits per heavy atom. The molecule has 0 saturated heterocycles. The van der Waals surface area contributed by atoms with E-state index in [0.717, 1.165) is 98.4 Å². The summed E-state index contributed by atoms with van der Waals surface area (Å²) in [7, 11) is 0. The van der Waals surface area contributed by atoms with Crippen LogP contribution in [0.2, 0.25) is 0 Å². The number of nitrogens with zero attached hydrogens (tertiary/aromatic N) is 8. The Bertz CT molecular complexity index is 4460. The molecule has 0 aliphatic rings. The summed E-state index contributed by atoms with van der Waals surface area (Å²) in [6.45, 7) is 16.7. The van der Waals surface area contributed by atoms with Crippen LogP contribution in [0.25, 0.3) is 131 Å². The van der Waals surface area contributed by atoms with Crippen LogP contribution in [0, 0.1) is 35.8 Å². The number of para-hydroxylation sites is 6. The molecule has 0 aliphatic heterocycles. The molecule has 4 aromatic heterocycles. The van der Waals surface area contributed by atoms with E-state index < -0.39 is 0 Å². The first kappa shape index (κ1) is 40.4. The predicted octanol–water partition coefficient (Wildman–Crippen LogP) is 16.6. The smallest absolute Gasteiger partial charge is 0.212 e. The Labute approximate surface area is 411 Å². The number of aromatic nitrogens is 4. The molecule has 0 aliphatic carbocycles. The molecule has 0 saturated carbocycles. The van der Waals surface area contributed by atoms with E-state index in [1.807, 2.05) is 84.9 Å². The molecular weight excluding hydrogens is 881 g/mol. The molecule has 4 heterocycles. The van der Waals surface area contributed by atoms with Crippen molar-refractivity contribution in [2.45, 2.75) is 0 Å². The lowest BCUT2D eigenvalue weighted by atomic mass is 10.0. The number of benzene rings is 10. The van der Waals surface area contributed by atoms with E-state index in [1.165, 1.54) is 0 Å². The average molecular weight is 915 g/mol. The van der Waals surface area contributed by atoms with Gasteiger partial charge < -0.3 is 18.3 Å². The van der Waals surface area contributed by atoms with Crippen molar-refractivity contribution in [3.8, 4) is 46.0 Å². The third-order valence-corrected chi connectivity index (χ3v) is 14.5. The molecule has 10 aromatic carbocycles. The number of rotatable bonds is 5. The molecule has 0 radical (unpaired) electrons. The molecule has 0 unspecified atom stereocenters. The Morgan fingerprint density at radius 1 is 0.292 bits per heavy atom. The largest absolute Gasteiger partial charge is 0.319 e. The number of fused-ring (bicyclic) bond motifs is 12. The minimum absolute atomic E-state index is 0.384. The Kier molecular flexibility index (Phi) is 8.67. The van der Waals surface area contributed by atoms with Crippen LogP contribution < -0.4 is 0 Å². The quantitative estimate of drug-likeness (QED) is 0.161. The Morgan fingerprint density at radius 3 is 0.847 bits per heavy atom. The summed E-state index contributed by atoms with van der Waals surface area (Å²) in [5.74, 6) is 0. The fourth-order valence-corrected chi connectivity index (χ4v) is 11.4. The Balaban J connectivity index is 0.952. The molecule has 0 atom stereocenters. The second-order valence-electron chi connectivity index (χ2n) is 18.1. The van der Waals surface area contributed by atoms with Crippen molar-refractivity contribution in [2.75, 3.05) is 0 Å². The number of hydrogen-bond donors (Lipinski definition) is 0. The molecule has 8 nitrogen and oxygen atoms in total. The molecule has 0 spiro atoms. The van der Waals surface area contributed by atoms with Gasteiger partial charge in [0.05, 0.1) is 103 Å². The van der Waals surface area contributed by atoms with E-state index in [0.29, 0.717) is 45.3 Å². The highest BCUT2D eigenvalue weighted by molar-refractivity contribution is 6.14. The van der Waals surface area contributed by atoms with Crippen LogP contribution in [0.15, 0.2) is 206 Å². The first-order valence-electron chi connectivity index (χ1n) is 23.5. The van der Waals surface area contributed by atoms with Gasteiger partial charge in [0.15, 0.2) is 0 Å². The molecule has 0 N–H and O–H groups in total. The van der Waals surface area contributed by atoms with Gasteiger partial charge in [0.1, 0.15) is 0 Å². The van der Waals surface area contributed by atoms with Crippen LogP contribution in [0.4, 0.5) is 11.4 Å². The van der Waals surface area contributed by atoms with E-state index in [2.05, 4.69) is 149 Å². The zero-order chi connectivity index (χ0) is 48.2. The minimum Gasteiger partial charge on any atom is -0.319 e. The maximum atomic E-state index is 10.8. The van der Waals surface area contributed by atoms with Crippen molar-refractivity contribution in [1.29, 1.82) is 10.5 Å². The lowest BCUT2D eigenvalue weighted by Crippen LogP contribution is -2.02. The summed E-state index contributed by atoms with van der Waals surface area (Å²) in [5.41, 5.74) is 14.2. The summed E-state index contributed by atoms with van der Waals surface area (Å²) in [5, 5.41) is 29.9. The van der Waals surface area contributed by atoms with E-state index in [1.54, 1.807) is 12.1 Å². The summed E-state index contributed by atoms with van der Waals surface area (Å²) >= 11 is 0. The molecule has 14 rings (SSSR count). The number of nitriles is 2. The molecule has 330 valence electrons. The van der Waals surface area contributed by atoms with E-state index >= 15 is 0 Å². The van der Waals surface area contributed by atoms with Gasteiger partial charge in [-0.2, -0.15) is 10.5 Å². The van der Waals surface area contributed by atoms with E-state index in [4.69, 9.17) is 13.1 Å². The summed E-state index contributed by atoms with van der Waals surface area (Å²) in [6.07, 6.45) is 0. The van der Waals surface area contributed by atoms with Crippen LogP contribution in [0.5, 0.6) is 0 Å². The normalized spacial score (nSPS) is 11.6. The van der Waals surface area contributed by atoms with Crippen molar-refractivity contribution in [3.63, 3.8) is 0 Å². The highest BCUT2D eigenvalue weighted by atomic mass is 15.0. The van der Waals surface area contributed by atoms with Crippen LogP contribution in [0.1, 0.15) is 11.1 Å². The number of hydrogen-bond acceptors (Lipinski definition) is 2. The second kappa shape index (κ2) is 15.4. The van der Waals surface area contributed by atoms with Crippen molar-refractivity contribution >= 4 is 98.6 Å². The standard InChI is InChI=1S/C64H34N8/c1-67-51-34-42(38-66)62(36-63(51)71-55-23-11-5-17-45(55)46-18-6-12-24-56(46)71)70-57-25-13-7-19-47(57)49-31-39(27-29-59(49)70)40-28-30-60-50(32-40)48-20-8-14-26-58(48)72(60)64-35-61(41(37-65)33-52(64)68-2)69-53-21-9-3-15-43(53)44-16-4-10-22-54(44)69/h3-36H. The fourth-order valence-electron chi connectivity index (χ4n) is 11.4. The maximum Gasteiger partial charge on any atom is 0.212 e. The van der Waals surface area contributed by atoms with Gasteiger partial charge in [-0.3, -0.25) is 0 Å². The minimum atomic E-state index is 0.384. The van der Waals surface area contributed by atoms with Gasteiger partial charge in [-0.05, 0) is 96.1 Å². The topological polar surface area (TPSA) is 76.0 Å². The molecular formula is C64H34N8. The maximum absolute atomic E-state index is 10.8. The summed E-state index contributed by atoms with van der Waals surface area (Å²) in [6, 6.07) is 74.9. The van der Waals surface area contributed by atoms with Crippen molar-refractivity contribution in [3.05, 3.63) is 240 Å². The first-order valence-corrected chi connectivity index (χ1v) is 23.5. The summed E-state index contributed by atoms with van der Waals surface area (Å²) < 4.78 is 8.62. The molecule has 0 bridgehead atoms. The third kappa shape index (κ3) is 5.64. The van der Waals surface area contributed by atoms with Gasteiger partial charge in [-0.25, -0.2) is 9.69 Å². The second-order valence-corrected chi connectivity index (χ2v) is 18.1. The highest BCUT2D eigenvalue weighted by Crippen LogP contribution is 2.44. The van der Waals surface area contributed by atoms with Gasteiger partial charge in [-0.1, -0.05) is 121 Å². The monoisotopic (exact) mass is 914 g/mol. The molecule has 72 heavy (non-hydrogen) atoms. The van der Waals surface area contributed by atoms with Crippen molar-refractivity contribution in [1.82, 2.24) is 18.3 Å². The zero-order valence-electron chi connectivity index (χ0n) is 38.2. The van der Waals surface area contributed by atoms with Crippen molar-refractivity contribution in [2.24, 2.45) is 0 Å². The van der Waals surface area contributed by atoms with E-state index in [9.17, 15) is 10.5 Å². The van der Waals surface area contributed by atoms with Gasteiger partial charge in [0.2, 0.25) is 11.4 Å². The summed E-state index contributed by atoms with van der Waals surface area (Å²) in [4.78, 5) is 8.03. The van der Waals surface area contributed by atoms with Gasteiger partial charge >= 0.3 is 0 Å². The molecule has 0 fully saturated rings. The molecule has 14 aromatic rings. The van der Waals surface area contributed by atoms with Crippen LogP contribution in [-0.4, -0.2) is 18.3 Å². The fraction of sp³-hybridized carbons (Fsp3) is 0. The lowest BCUT2D eigenvalue weighted by Gasteiger charge is -2.16. The average Bonchev–Trinajstić information content (AvgIpc) is 4.17. The van der Waals surface area contributed by atoms with Crippen LogP contribution in [0.3, 0.4) is 0 Å². The predicted molar refractivity (Wildman–Crippen MR) is 291 cm³/mol. The van der Waals surface area contributed by atoms with Crippen molar-refractivity contribution < 1.29 is 0 Å². The lowest BCUT2D eigenvalue weighted by molar-refractivity contribution is 1.13. The Hall–Kier alpha value is -10.6. The zero-order valence-corrected chi connectivity index (χ0v) is 38.2.